The van der Waals surface area contributed by atoms with E-state index in [4.69, 9.17) is 16.3 Å². The first-order valence-electron chi connectivity index (χ1n) is 11.5. The Bertz CT molecular complexity index is 868. The molecule has 31 heavy (non-hydrogen) atoms. The second-order valence-electron chi connectivity index (χ2n) is 10.2. The zero-order valence-electron chi connectivity index (χ0n) is 18.9. The number of hydrogen-bond acceptors (Lipinski definition) is 4. The molecule has 7 heteroatoms. The highest BCUT2D eigenvalue weighted by Crippen LogP contribution is 2.42. The van der Waals surface area contributed by atoms with Gasteiger partial charge in [-0.2, -0.15) is 0 Å². The van der Waals surface area contributed by atoms with Gasteiger partial charge in [-0.05, 0) is 64.1 Å². The van der Waals surface area contributed by atoms with Crippen LogP contribution in [0, 0.1) is 5.41 Å². The highest BCUT2D eigenvalue weighted by atomic mass is 35.5. The molecule has 4 rings (SSSR count). The maximum absolute atomic E-state index is 13.1. The number of ether oxygens (including phenoxy) is 1. The lowest BCUT2D eigenvalue weighted by atomic mass is 9.90. The number of fused-ring (bicyclic) bond motifs is 2. The number of carbonyl (C=O) groups is 2. The van der Waals surface area contributed by atoms with E-state index in [2.05, 4.69) is 15.5 Å². The molecule has 0 spiro atoms. The van der Waals surface area contributed by atoms with Crippen LogP contribution in [-0.2, 0) is 11.2 Å². The summed E-state index contributed by atoms with van der Waals surface area (Å²) in [4.78, 5) is 28.2. The second kappa shape index (κ2) is 8.62. The van der Waals surface area contributed by atoms with E-state index in [1.54, 1.807) is 6.07 Å². The normalized spacial score (nSPS) is 20.0. The van der Waals surface area contributed by atoms with Crippen LogP contribution in [0.2, 0.25) is 5.02 Å². The maximum Gasteiger partial charge on any atom is 0.255 e. The number of hydrogen-bond donors (Lipinski definition) is 2. The van der Waals surface area contributed by atoms with Crippen molar-refractivity contribution < 1.29 is 14.3 Å². The van der Waals surface area contributed by atoms with Gasteiger partial charge >= 0.3 is 0 Å². The summed E-state index contributed by atoms with van der Waals surface area (Å²) >= 11 is 6.56. The van der Waals surface area contributed by atoms with Gasteiger partial charge in [-0.25, -0.2) is 0 Å². The molecule has 3 aliphatic heterocycles. The molecule has 0 saturated carbocycles. The summed E-state index contributed by atoms with van der Waals surface area (Å²) < 4.78 is 5.91. The zero-order valence-corrected chi connectivity index (χ0v) is 19.7. The SMILES string of the molecule is CC(C)(C)C(=O)Nc1c(Cl)cc(C(=O)NCCC23CCCN2CCC3)c2c1CCCO2. The molecule has 0 atom stereocenters. The Morgan fingerprint density at radius 2 is 1.90 bits per heavy atom. The third-order valence-electron chi connectivity index (χ3n) is 7.00. The van der Waals surface area contributed by atoms with Crippen molar-refractivity contribution in [3.63, 3.8) is 0 Å². The van der Waals surface area contributed by atoms with E-state index in [-0.39, 0.29) is 17.4 Å². The molecular formula is C24H34ClN3O3. The lowest BCUT2D eigenvalue weighted by Gasteiger charge is -2.32. The minimum Gasteiger partial charge on any atom is -0.492 e. The first kappa shape index (κ1) is 22.4. The minimum absolute atomic E-state index is 0.115. The quantitative estimate of drug-likeness (QED) is 0.701. The molecule has 6 nitrogen and oxygen atoms in total. The fraction of sp³-hybridized carbons (Fsp3) is 0.667. The van der Waals surface area contributed by atoms with Crippen LogP contribution in [0.25, 0.3) is 0 Å². The van der Waals surface area contributed by atoms with Crippen molar-refractivity contribution in [2.45, 2.75) is 71.3 Å². The smallest absolute Gasteiger partial charge is 0.255 e. The van der Waals surface area contributed by atoms with Gasteiger partial charge in [0.2, 0.25) is 5.91 Å². The van der Waals surface area contributed by atoms with Crippen molar-refractivity contribution in [1.29, 1.82) is 0 Å². The third kappa shape index (κ3) is 4.42. The molecule has 2 saturated heterocycles. The zero-order chi connectivity index (χ0) is 22.2. The highest BCUT2D eigenvalue weighted by Gasteiger charge is 2.43. The van der Waals surface area contributed by atoms with Gasteiger partial charge in [-0.15, -0.1) is 0 Å². The molecule has 170 valence electrons. The lowest BCUT2D eigenvalue weighted by Crippen LogP contribution is -2.41. The van der Waals surface area contributed by atoms with Gasteiger partial charge in [0.25, 0.3) is 5.91 Å². The van der Waals surface area contributed by atoms with Gasteiger partial charge in [-0.3, -0.25) is 14.5 Å². The molecule has 0 aromatic heterocycles. The predicted octanol–water partition coefficient (Wildman–Crippen LogP) is 4.40. The highest BCUT2D eigenvalue weighted by molar-refractivity contribution is 6.34. The Hall–Kier alpha value is -1.79. The van der Waals surface area contributed by atoms with Crippen LogP contribution >= 0.6 is 11.6 Å². The third-order valence-corrected chi connectivity index (χ3v) is 7.30. The van der Waals surface area contributed by atoms with E-state index in [0.717, 1.165) is 18.4 Å². The van der Waals surface area contributed by atoms with E-state index >= 15 is 0 Å². The van der Waals surface area contributed by atoms with Crippen LogP contribution in [0.1, 0.15) is 75.2 Å². The van der Waals surface area contributed by atoms with Crippen molar-refractivity contribution in [2.24, 2.45) is 5.41 Å². The van der Waals surface area contributed by atoms with Crippen molar-refractivity contribution >= 4 is 29.1 Å². The largest absolute Gasteiger partial charge is 0.492 e. The van der Waals surface area contributed by atoms with E-state index < -0.39 is 5.41 Å². The molecule has 3 aliphatic rings. The predicted molar refractivity (Wildman–Crippen MR) is 123 cm³/mol. The summed E-state index contributed by atoms with van der Waals surface area (Å²) in [6, 6.07) is 1.63. The van der Waals surface area contributed by atoms with E-state index in [1.165, 1.54) is 38.8 Å². The molecule has 2 fully saturated rings. The van der Waals surface area contributed by atoms with Crippen molar-refractivity contribution in [3.8, 4) is 5.75 Å². The summed E-state index contributed by atoms with van der Waals surface area (Å²) in [5, 5.41) is 6.44. The molecule has 2 N–H and O–H groups in total. The molecule has 0 aliphatic carbocycles. The number of amides is 2. The summed E-state index contributed by atoms with van der Waals surface area (Å²) in [7, 11) is 0. The van der Waals surface area contributed by atoms with Crippen molar-refractivity contribution in [1.82, 2.24) is 10.2 Å². The minimum atomic E-state index is -0.546. The molecule has 3 heterocycles. The lowest BCUT2D eigenvalue weighted by molar-refractivity contribution is -0.123. The standard InChI is InChI=1S/C24H34ClN3O3/c1-23(2,3)22(30)27-19-16-7-4-14-31-20(16)17(15-18(19)25)21(29)26-11-10-24-8-5-12-28(24)13-6-9-24/h15H,4-14H2,1-3H3,(H,26,29)(H,27,30). The van der Waals surface area contributed by atoms with Gasteiger partial charge in [0.05, 0.1) is 22.9 Å². The summed E-state index contributed by atoms with van der Waals surface area (Å²) in [6.45, 7) is 9.14. The number of carbonyl (C=O) groups excluding carboxylic acids is 2. The number of halogens is 1. The summed E-state index contributed by atoms with van der Waals surface area (Å²) in [5.41, 5.74) is 1.58. The molecule has 0 unspecified atom stereocenters. The summed E-state index contributed by atoms with van der Waals surface area (Å²) in [6.07, 6.45) is 7.50. The van der Waals surface area contributed by atoms with Gasteiger partial charge in [0.1, 0.15) is 5.75 Å². The Kier molecular flexibility index (Phi) is 6.23. The molecule has 0 bridgehead atoms. The monoisotopic (exact) mass is 447 g/mol. The molecule has 2 amide bonds. The first-order valence-corrected chi connectivity index (χ1v) is 11.9. The van der Waals surface area contributed by atoms with Gasteiger partial charge in [0, 0.05) is 23.1 Å². The fourth-order valence-corrected chi connectivity index (χ4v) is 5.52. The molecule has 0 radical (unpaired) electrons. The first-order chi connectivity index (χ1) is 14.7. The number of nitrogens with one attached hydrogen (secondary N) is 2. The summed E-state index contributed by atoms with van der Waals surface area (Å²) in [5.74, 6) is 0.280. The molecule has 1 aromatic rings. The number of nitrogens with zero attached hydrogens (tertiary/aromatic N) is 1. The van der Waals surface area contributed by atoms with Crippen LogP contribution in [0.3, 0.4) is 0 Å². The Labute approximate surface area is 190 Å². The van der Waals surface area contributed by atoms with Crippen molar-refractivity contribution in [3.05, 3.63) is 22.2 Å². The Morgan fingerprint density at radius 3 is 2.58 bits per heavy atom. The van der Waals surface area contributed by atoms with Crippen LogP contribution in [0.15, 0.2) is 6.07 Å². The Morgan fingerprint density at radius 1 is 1.19 bits per heavy atom. The van der Waals surface area contributed by atoms with Crippen LogP contribution in [0.5, 0.6) is 5.75 Å². The average molecular weight is 448 g/mol. The van der Waals surface area contributed by atoms with E-state index in [1.807, 2.05) is 20.8 Å². The van der Waals surface area contributed by atoms with Crippen LogP contribution in [0.4, 0.5) is 5.69 Å². The average Bonchev–Trinajstić information content (AvgIpc) is 3.29. The van der Waals surface area contributed by atoms with Gasteiger partial charge in [0.15, 0.2) is 0 Å². The number of benzene rings is 1. The van der Waals surface area contributed by atoms with Crippen molar-refractivity contribution in [2.75, 3.05) is 31.6 Å². The molecule has 1 aromatic carbocycles. The second-order valence-corrected chi connectivity index (χ2v) is 10.6. The van der Waals surface area contributed by atoms with E-state index in [0.29, 0.717) is 41.6 Å². The topological polar surface area (TPSA) is 70.7 Å². The fourth-order valence-electron chi connectivity index (χ4n) is 5.25. The maximum atomic E-state index is 13.1. The molecular weight excluding hydrogens is 414 g/mol. The Balaban J connectivity index is 1.51. The van der Waals surface area contributed by atoms with Crippen LogP contribution in [-0.4, -0.2) is 48.5 Å². The number of rotatable bonds is 5. The van der Waals surface area contributed by atoms with E-state index in [9.17, 15) is 9.59 Å². The van der Waals surface area contributed by atoms with Gasteiger partial charge < -0.3 is 15.4 Å². The number of anilines is 1. The van der Waals surface area contributed by atoms with Gasteiger partial charge in [-0.1, -0.05) is 32.4 Å². The van der Waals surface area contributed by atoms with Crippen LogP contribution < -0.4 is 15.4 Å².